The van der Waals surface area contributed by atoms with Gasteiger partial charge in [-0.1, -0.05) is 41.1 Å². The van der Waals surface area contributed by atoms with E-state index < -0.39 is 11.9 Å². The highest BCUT2D eigenvalue weighted by atomic mass is 16.5. The van der Waals surface area contributed by atoms with Crippen molar-refractivity contribution in [2.75, 3.05) is 19.6 Å². The first-order valence-corrected chi connectivity index (χ1v) is 8.60. The Balaban J connectivity index is 1.99. The van der Waals surface area contributed by atoms with Crippen molar-refractivity contribution in [3.05, 3.63) is 60.7 Å². The minimum absolute atomic E-state index is 0.159. The number of hydrogen-bond acceptors (Lipinski definition) is 8. The van der Waals surface area contributed by atoms with Crippen molar-refractivity contribution in [2.24, 2.45) is 5.10 Å². The van der Waals surface area contributed by atoms with Crippen LogP contribution in [0.5, 0.6) is 0 Å². The summed E-state index contributed by atoms with van der Waals surface area (Å²) >= 11 is 0. The summed E-state index contributed by atoms with van der Waals surface area (Å²) in [6.07, 6.45) is -0.353. The number of aromatic nitrogens is 4. The highest BCUT2D eigenvalue weighted by Crippen LogP contribution is 2.07. The first-order chi connectivity index (χ1) is 14.1. The maximum Gasteiger partial charge on any atom is 0.426 e. The van der Waals surface area contributed by atoms with Gasteiger partial charge in [-0.3, -0.25) is 4.79 Å². The normalized spacial score (nSPS) is 11.0. The van der Waals surface area contributed by atoms with Crippen LogP contribution in [0.15, 0.2) is 65.8 Å². The molecule has 0 saturated carbocycles. The monoisotopic (exact) mass is 395 g/mol. The van der Waals surface area contributed by atoms with Crippen LogP contribution in [0.4, 0.5) is 5.95 Å². The summed E-state index contributed by atoms with van der Waals surface area (Å²) < 4.78 is 10.8. The number of para-hydroxylation sites is 2. The van der Waals surface area contributed by atoms with Crippen LogP contribution in [0.2, 0.25) is 0 Å². The fourth-order valence-electron chi connectivity index (χ4n) is 2.36. The zero-order valence-corrected chi connectivity index (χ0v) is 15.8. The quantitative estimate of drug-likeness (QED) is 0.275. The molecule has 0 aliphatic carbocycles. The molecule has 10 heteroatoms. The molecule has 0 unspecified atom stereocenters. The van der Waals surface area contributed by atoms with E-state index in [-0.39, 0.29) is 18.1 Å². The Labute approximate surface area is 166 Å². The maximum atomic E-state index is 11.9. The van der Waals surface area contributed by atoms with Crippen molar-refractivity contribution in [1.29, 1.82) is 0 Å². The van der Waals surface area contributed by atoms with Gasteiger partial charge < -0.3 is 9.47 Å². The molecule has 0 amide bonds. The second kappa shape index (κ2) is 9.22. The van der Waals surface area contributed by atoms with E-state index in [0.717, 1.165) is 11.4 Å². The standard InChI is InChI=1S/C19H18N6O4/c1-28-17(26)13-16(18(27)29-2)20-21-19-22-25(15-11-7-4-8-12-15)23-24(19)14-9-5-3-6-10-14/h3-12H,13H2,1-2H3/p+1. The number of carbonyl (C=O) groups is 2. The zero-order chi connectivity index (χ0) is 20.6. The molecular formula is C19H19N6O4+. The van der Waals surface area contributed by atoms with Gasteiger partial charge >= 0.3 is 17.9 Å². The summed E-state index contributed by atoms with van der Waals surface area (Å²) in [7, 11) is 2.42. The fraction of sp³-hybridized carbons (Fsp3) is 0.158. The number of hydrazone groups is 1. The lowest BCUT2D eigenvalue weighted by Gasteiger charge is -2.02. The largest absolute Gasteiger partial charge is 0.469 e. The van der Waals surface area contributed by atoms with Crippen LogP contribution < -0.4 is 10.1 Å². The molecule has 1 N–H and O–H groups in total. The van der Waals surface area contributed by atoms with Crippen LogP contribution in [0.3, 0.4) is 0 Å². The van der Waals surface area contributed by atoms with Crippen LogP contribution in [0, 0.1) is 0 Å². The van der Waals surface area contributed by atoms with Crippen LogP contribution in [-0.2, 0) is 19.1 Å². The summed E-state index contributed by atoms with van der Waals surface area (Å²) in [5.74, 6) is -1.16. The number of carbonyl (C=O) groups excluding carboxylic acids is 2. The fourth-order valence-corrected chi connectivity index (χ4v) is 2.36. The predicted molar refractivity (Wildman–Crippen MR) is 103 cm³/mol. The lowest BCUT2D eigenvalue weighted by molar-refractivity contribution is -0.647. The second-order valence-corrected chi connectivity index (χ2v) is 5.70. The molecule has 1 aromatic heterocycles. The van der Waals surface area contributed by atoms with E-state index in [9.17, 15) is 9.59 Å². The average molecular weight is 395 g/mol. The number of esters is 2. The van der Waals surface area contributed by atoms with E-state index in [1.54, 1.807) is 0 Å². The number of nitrogens with zero attached hydrogens (tertiary/aromatic N) is 5. The molecule has 3 rings (SSSR count). The first kappa shape index (κ1) is 19.7. The van der Waals surface area contributed by atoms with E-state index in [1.165, 1.54) is 23.7 Å². The average Bonchev–Trinajstić information content (AvgIpc) is 3.21. The summed E-state index contributed by atoms with van der Waals surface area (Å²) in [5, 5.41) is 12.8. The van der Waals surface area contributed by atoms with Gasteiger partial charge in [0.1, 0.15) is 11.4 Å². The molecule has 148 valence electrons. The SMILES string of the molecule is COC(=O)CC(=NNc1nn(-c2ccccc2)n[n+]1-c1ccccc1)C(=O)OC. The third kappa shape index (κ3) is 4.80. The van der Waals surface area contributed by atoms with Crippen molar-refractivity contribution in [3.8, 4) is 11.4 Å². The maximum absolute atomic E-state index is 11.9. The summed E-state index contributed by atoms with van der Waals surface area (Å²) in [5.41, 5.74) is 3.99. The van der Waals surface area contributed by atoms with Crippen molar-refractivity contribution < 1.29 is 23.7 Å². The van der Waals surface area contributed by atoms with E-state index in [0.29, 0.717) is 0 Å². The number of ether oxygens (including phenoxy) is 2. The lowest BCUT2D eigenvalue weighted by atomic mass is 10.3. The van der Waals surface area contributed by atoms with Gasteiger partial charge in [-0.2, -0.15) is 5.43 Å². The minimum Gasteiger partial charge on any atom is -0.469 e. The molecule has 0 fully saturated rings. The Morgan fingerprint density at radius 1 is 1.03 bits per heavy atom. The molecule has 29 heavy (non-hydrogen) atoms. The number of benzene rings is 2. The van der Waals surface area contributed by atoms with E-state index in [4.69, 9.17) is 0 Å². The first-order valence-electron chi connectivity index (χ1n) is 8.60. The lowest BCUT2D eigenvalue weighted by Crippen LogP contribution is -2.36. The van der Waals surface area contributed by atoms with Gasteiger partial charge in [0.15, 0.2) is 5.71 Å². The number of nitrogens with one attached hydrogen (secondary N) is 1. The Hall–Kier alpha value is -4.08. The van der Waals surface area contributed by atoms with Crippen LogP contribution >= 0.6 is 0 Å². The molecule has 0 saturated heterocycles. The molecule has 0 radical (unpaired) electrons. The van der Waals surface area contributed by atoms with E-state index in [2.05, 4.69) is 30.3 Å². The van der Waals surface area contributed by atoms with Gasteiger partial charge in [0, 0.05) is 5.21 Å². The highest BCUT2D eigenvalue weighted by molar-refractivity contribution is 6.39. The van der Waals surface area contributed by atoms with Crippen molar-refractivity contribution in [3.63, 3.8) is 0 Å². The van der Waals surface area contributed by atoms with Gasteiger partial charge in [0.2, 0.25) is 0 Å². The van der Waals surface area contributed by atoms with Crippen molar-refractivity contribution in [2.45, 2.75) is 6.42 Å². The molecule has 1 heterocycles. The molecule has 10 nitrogen and oxygen atoms in total. The number of tetrazole rings is 1. The number of rotatable bonds is 7. The van der Waals surface area contributed by atoms with Crippen LogP contribution in [-0.4, -0.2) is 47.0 Å². The molecule has 3 aromatic rings. The number of hydrogen-bond donors (Lipinski definition) is 1. The zero-order valence-electron chi connectivity index (χ0n) is 15.8. The second-order valence-electron chi connectivity index (χ2n) is 5.70. The van der Waals surface area contributed by atoms with Crippen LogP contribution in [0.25, 0.3) is 11.4 Å². The Morgan fingerprint density at radius 3 is 2.31 bits per heavy atom. The topological polar surface area (TPSA) is 112 Å². The molecule has 0 atom stereocenters. The molecule has 0 bridgehead atoms. The van der Waals surface area contributed by atoms with E-state index >= 15 is 0 Å². The molecule has 0 spiro atoms. The van der Waals surface area contributed by atoms with E-state index in [1.807, 2.05) is 60.7 Å². The van der Waals surface area contributed by atoms with Gasteiger partial charge in [-0.05, 0) is 29.1 Å². The van der Waals surface area contributed by atoms with Crippen molar-refractivity contribution in [1.82, 2.24) is 15.1 Å². The highest BCUT2D eigenvalue weighted by Gasteiger charge is 2.23. The van der Waals surface area contributed by atoms with Gasteiger partial charge in [-0.25, -0.2) is 4.79 Å². The van der Waals surface area contributed by atoms with Gasteiger partial charge in [-0.15, -0.1) is 5.10 Å². The van der Waals surface area contributed by atoms with Gasteiger partial charge in [0.05, 0.1) is 25.7 Å². The van der Waals surface area contributed by atoms with Crippen molar-refractivity contribution >= 4 is 23.6 Å². The molecule has 2 aromatic carbocycles. The predicted octanol–water partition coefficient (Wildman–Crippen LogP) is 1.05. The number of anilines is 1. The Bertz CT molecular complexity index is 1020. The summed E-state index contributed by atoms with van der Waals surface area (Å²) in [6.45, 7) is 0. The Kier molecular flexibility index (Phi) is 6.25. The minimum atomic E-state index is -0.760. The van der Waals surface area contributed by atoms with Gasteiger partial charge in [0.25, 0.3) is 0 Å². The molecular weight excluding hydrogens is 376 g/mol. The third-order valence-electron chi connectivity index (χ3n) is 3.80. The number of methoxy groups -OCH3 is 2. The third-order valence-corrected chi connectivity index (χ3v) is 3.80. The molecule has 0 aliphatic rings. The van der Waals surface area contributed by atoms with Crippen LogP contribution in [0.1, 0.15) is 6.42 Å². The summed E-state index contributed by atoms with van der Waals surface area (Å²) in [6, 6.07) is 18.6. The smallest absolute Gasteiger partial charge is 0.426 e. The molecule has 0 aliphatic heterocycles. The Morgan fingerprint density at radius 2 is 1.69 bits per heavy atom. The summed E-state index contributed by atoms with van der Waals surface area (Å²) in [4.78, 5) is 24.9.